The second-order valence-corrected chi connectivity index (χ2v) is 7.75. The van der Waals surface area contributed by atoms with Crippen molar-refractivity contribution >= 4 is 34.3 Å². The Balaban J connectivity index is 1.61. The lowest BCUT2D eigenvalue weighted by Crippen LogP contribution is -2.36. The zero-order chi connectivity index (χ0) is 22.9. The number of esters is 1. The maximum Gasteiger partial charge on any atom is 0.330 e. The highest BCUT2D eigenvalue weighted by Crippen LogP contribution is 2.21. The fourth-order valence-electron chi connectivity index (χ4n) is 3.86. The zero-order valence-corrected chi connectivity index (χ0v) is 18.1. The molecule has 1 aliphatic heterocycles. The number of ketones is 1. The minimum atomic E-state index is -0.506. The van der Waals surface area contributed by atoms with Crippen LogP contribution >= 0.6 is 0 Å². The van der Waals surface area contributed by atoms with E-state index in [0.717, 1.165) is 10.8 Å². The van der Waals surface area contributed by atoms with Gasteiger partial charge in [-0.05, 0) is 30.5 Å². The number of amides is 2. The Labute approximate surface area is 187 Å². The van der Waals surface area contributed by atoms with Gasteiger partial charge >= 0.3 is 5.97 Å². The van der Waals surface area contributed by atoms with E-state index in [0.29, 0.717) is 24.9 Å². The van der Waals surface area contributed by atoms with Crippen molar-refractivity contribution in [1.82, 2.24) is 10.6 Å². The predicted molar refractivity (Wildman–Crippen MR) is 121 cm³/mol. The Morgan fingerprint density at radius 3 is 2.69 bits per heavy atom. The molecule has 1 heterocycles. The van der Waals surface area contributed by atoms with Crippen LogP contribution in [-0.4, -0.2) is 42.8 Å². The summed E-state index contributed by atoms with van der Waals surface area (Å²) in [4.78, 5) is 48.9. The lowest BCUT2D eigenvalue weighted by atomic mass is 9.97. The maximum atomic E-state index is 12.7. The molecule has 7 nitrogen and oxygen atoms in total. The minimum Gasteiger partial charge on any atom is -0.463 e. The molecule has 1 saturated heterocycles. The quantitative estimate of drug-likeness (QED) is 0.339. The van der Waals surface area contributed by atoms with Gasteiger partial charge in [-0.15, -0.1) is 0 Å². The molecule has 2 N–H and O–H groups in total. The highest BCUT2D eigenvalue weighted by atomic mass is 16.5. The molecule has 0 radical (unpaired) electrons. The first-order valence-electron chi connectivity index (χ1n) is 10.9. The van der Waals surface area contributed by atoms with Crippen LogP contribution < -0.4 is 10.6 Å². The first-order valence-corrected chi connectivity index (χ1v) is 10.9. The number of benzene rings is 2. The van der Waals surface area contributed by atoms with Crippen LogP contribution in [0, 0.1) is 5.92 Å². The number of carbonyl (C=O) groups excluding carboxylic acids is 4. The predicted octanol–water partition coefficient (Wildman–Crippen LogP) is 2.93. The average Bonchev–Trinajstić information content (AvgIpc) is 3.20. The Bertz CT molecular complexity index is 1020. The van der Waals surface area contributed by atoms with E-state index in [2.05, 4.69) is 10.6 Å². The molecule has 2 aromatic rings. The van der Waals surface area contributed by atoms with E-state index in [4.69, 9.17) is 4.74 Å². The molecule has 0 saturated carbocycles. The number of carbonyl (C=O) groups is 4. The summed E-state index contributed by atoms with van der Waals surface area (Å²) in [6.45, 7) is 2.56. The van der Waals surface area contributed by atoms with Crippen molar-refractivity contribution in [2.24, 2.45) is 5.92 Å². The highest BCUT2D eigenvalue weighted by molar-refractivity contribution is 6.08. The molecule has 168 valence electrons. The summed E-state index contributed by atoms with van der Waals surface area (Å²) in [5.74, 6) is -1.21. The maximum absolute atomic E-state index is 12.7. The number of nitrogens with one attached hydrogen (secondary N) is 2. The standard InChI is InChI=1S/C25H28N2O5/c1-2-32-24(30)13-10-19(16-18-14-15-26-25(18)31)27-23(29)12-11-22(28)21-9-5-7-17-6-3-4-8-20(17)21/h3-10,13,18-19H,2,11-12,14-16H2,1H3,(H,26,31)(H,27,29)/b13-10+/t18-,19+/m0/s1. The van der Waals surface area contributed by atoms with Gasteiger partial charge in [0.1, 0.15) is 0 Å². The molecule has 2 aromatic carbocycles. The molecular weight excluding hydrogens is 408 g/mol. The molecule has 0 aliphatic carbocycles. The van der Waals surface area contributed by atoms with Gasteiger partial charge < -0.3 is 15.4 Å². The molecule has 0 bridgehead atoms. The fraction of sp³-hybridized carbons (Fsp3) is 0.360. The molecule has 7 heteroatoms. The van der Waals surface area contributed by atoms with Crippen molar-refractivity contribution in [3.05, 3.63) is 60.2 Å². The van der Waals surface area contributed by atoms with E-state index < -0.39 is 12.0 Å². The van der Waals surface area contributed by atoms with Crippen molar-refractivity contribution < 1.29 is 23.9 Å². The molecular formula is C25H28N2O5. The number of Topliss-reactive ketones (excluding diaryl/α,β-unsaturated/α-hetero) is 1. The summed E-state index contributed by atoms with van der Waals surface area (Å²) in [5, 5.41) is 7.45. The van der Waals surface area contributed by atoms with Crippen molar-refractivity contribution in [3.8, 4) is 0 Å². The fourth-order valence-corrected chi connectivity index (χ4v) is 3.86. The molecule has 0 spiro atoms. The Hall–Kier alpha value is -3.48. The van der Waals surface area contributed by atoms with Gasteiger partial charge in [0.15, 0.2) is 5.78 Å². The summed E-state index contributed by atoms with van der Waals surface area (Å²) >= 11 is 0. The van der Waals surface area contributed by atoms with Crippen molar-refractivity contribution in [2.45, 2.75) is 38.6 Å². The first-order chi connectivity index (χ1) is 15.5. The monoisotopic (exact) mass is 436 g/mol. The summed E-state index contributed by atoms with van der Waals surface area (Å²) in [7, 11) is 0. The molecule has 1 fully saturated rings. The largest absolute Gasteiger partial charge is 0.463 e. The van der Waals surface area contributed by atoms with Gasteiger partial charge in [-0.3, -0.25) is 14.4 Å². The molecule has 2 amide bonds. The van der Waals surface area contributed by atoms with Crippen molar-refractivity contribution in [2.75, 3.05) is 13.2 Å². The van der Waals surface area contributed by atoms with Crippen LogP contribution in [0.3, 0.4) is 0 Å². The third-order valence-electron chi connectivity index (χ3n) is 5.47. The number of hydrogen-bond acceptors (Lipinski definition) is 5. The van der Waals surface area contributed by atoms with Crippen LogP contribution in [0.5, 0.6) is 0 Å². The molecule has 2 atom stereocenters. The van der Waals surface area contributed by atoms with Crippen LogP contribution in [-0.2, 0) is 19.1 Å². The van der Waals surface area contributed by atoms with Gasteiger partial charge in [0.05, 0.1) is 6.61 Å². The van der Waals surface area contributed by atoms with Gasteiger partial charge in [0.2, 0.25) is 11.8 Å². The molecule has 32 heavy (non-hydrogen) atoms. The number of ether oxygens (including phenoxy) is 1. The number of rotatable bonds is 10. The summed E-state index contributed by atoms with van der Waals surface area (Å²) in [6, 6.07) is 12.7. The Kier molecular flexibility index (Phi) is 8.14. The molecule has 3 rings (SSSR count). The van der Waals surface area contributed by atoms with Gasteiger partial charge in [-0.25, -0.2) is 4.79 Å². The van der Waals surface area contributed by atoms with Crippen molar-refractivity contribution in [1.29, 1.82) is 0 Å². The number of hydrogen-bond donors (Lipinski definition) is 2. The molecule has 0 unspecified atom stereocenters. The van der Waals surface area contributed by atoms with E-state index in [1.165, 1.54) is 6.08 Å². The highest BCUT2D eigenvalue weighted by Gasteiger charge is 2.27. The first kappa shape index (κ1) is 23.2. The number of fused-ring (bicyclic) bond motifs is 1. The average molecular weight is 437 g/mol. The van der Waals surface area contributed by atoms with Crippen LogP contribution in [0.15, 0.2) is 54.6 Å². The Morgan fingerprint density at radius 2 is 1.94 bits per heavy atom. The van der Waals surface area contributed by atoms with Crippen LogP contribution in [0.1, 0.15) is 43.0 Å². The third kappa shape index (κ3) is 6.26. The van der Waals surface area contributed by atoms with Crippen LogP contribution in [0.2, 0.25) is 0 Å². The molecule has 1 aliphatic rings. The lowest BCUT2D eigenvalue weighted by Gasteiger charge is -2.18. The van der Waals surface area contributed by atoms with Gasteiger partial charge in [-0.1, -0.05) is 48.5 Å². The normalized spacial score (nSPS) is 16.7. The van der Waals surface area contributed by atoms with E-state index in [1.807, 2.05) is 36.4 Å². The second-order valence-electron chi connectivity index (χ2n) is 7.75. The summed E-state index contributed by atoms with van der Waals surface area (Å²) in [5.41, 5.74) is 0.595. The van der Waals surface area contributed by atoms with E-state index in [1.54, 1.807) is 19.1 Å². The minimum absolute atomic E-state index is 0.0165. The summed E-state index contributed by atoms with van der Waals surface area (Å²) < 4.78 is 4.89. The van der Waals surface area contributed by atoms with E-state index >= 15 is 0 Å². The van der Waals surface area contributed by atoms with Crippen LogP contribution in [0.4, 0.5) is 0 Å². The lowest BCUT2D eigenvalue weighted by molar-refractivity contribution is -0.137. The van der Waals surface area contributed by atoms with Gasteiger partial charge in [0, 0.05) is 43.0 Å². The smallest absolute Gasteiger partial charge is 0.330 e. The van der Waals surface area contributed by atoms with Crippen molar-refractivity contribution in [3.63, 3.8) is 0 Å². The van der Waals surface area contributed by atoms with Gasteiger partial charge in [-0.2, -0.15) is 0 Å². The summed E-state index contributed by atoms with van der Waals surface area (Å²) in [6.07, 6.45) is 3.96. The topological polar surface area (TPSA) is 102 Å². The van der Waals surface area contributed by atoms with Gasteiger partial charge in [0.25, 0.3) is 0 Å². The van der Waals surface area contributed by atoms with Crippen LogP contribution in [0.25, 0.3) is 10.8 Å². The molecule has 0 aromatic heterocycles. The SMILES string of the molecule is CCOC(=O)/C=C/[C@H](C[C@@H]1CCNC1=O)NC(=O)CCC(=O)c1cccc2ccccc12. The Morgan fingerprint density at radius 1 is 1.16 bits per heavy atom. The van der Waals surface area contributed by atoms with E-state index in [-0.39, 0.29) is 43.0 Å². The zero-order valence-electron chi connectivity index (χ0n) is 18.1. The second kappa shape index (κ2) is 11.2. The van der Waals surface area contributed by atoms with E-state index in [9.17, 15) is 19.2 Å². The third-order valence-corrected chi connectivity index (χ3v) is 5.47.